The molecule has 4 rings (SSSR count). The summed E-state index contributed by atoms with van der Waals surface area (Å²) in [4.78, 5) is 28.2. The number of rotatable bonds is 4. The zero-order valence-corrected chi connectivity index (χ0v) is 16.8. The van der Waals surface area contributed by atoms with Crippen LogP contribution in [0.5, 0.6) is 0 Å². The van der Waals surface area contributed by atoms with Crippen LogP contribution in [-0.4, -0.2) is 53.1 Å². The minimum Gasteiger partial charge on any atom is -0.354 e. The molecule has 2 aliphatic heterocycles. The molecule has 0 spiro atoms. The predicted molar refractivity (Wildman–Crippen MR) is 112 cm³/mol. The van der Waals surface area contributed by atoms with Crippen molar-refractivity contribution in [3.8, 4) is 0 Å². The Hall–Kier alpha value is -2.96. The minimum absolute atomic E-state index is 0.0485. The zero-order valence-electron chi connectivity index (χ0n) is 16.8. The van der Waals surface area contributed by atoms with E-state index in [0.717, 1.165) is 50.4 Å². The number of anilines is 2. The van der Waals surface area contributed by atoms with E-state index in [1.807, 2.05) is 29.2 Å². The van der Waals surface area contributed by atoms with Crippen LogP contribution in [0.1, 0.15) is 37.7 Å². The number of benzene rings is 1. The lowest BCUT2D eigenvalue weighted by molar-refractivity contribution is -0.129. The van der Waals surface area contributed by atoms with Gasteiger partial charge in [-0.25, -0.2) is 0 Å². The summed E-state index contributed by atoms with van der Waals surface area (Å²) in [6, 6.07) is 12.0. The van der Waals surface area contributed by atoms with Gasteiger partial charge in [-0.3, -0.25) is 9.59 Å². The SMILES string of the molecule is CC(=O)N1CCC(c2ccc(NC(=O)C3CCN(c4cccnn4)C3)cc2)CC1. The summed E-state index contributed by atoms with van der Waals surface area (Å²) < 4.78 is 0. The molecule has 0 radical (unpaired) electrons. The van der Waals surface area contributed by atoms with Crippen LogP contribution in [0.25, 0.3) is 0 Å². The number of nitrogens with zero attached hydrogens (tertiary/aromatic N) is 4. The Kier molecular flexibility index (Phi) is 5.74. The van der Waals surface area contributed by atoms with Crippen molar-refractivity contribution in [2.24, 2.45) is 5.92 Å². The van der Waals surface area contributed by atoms with Gasteiger partial charge in [0, 0.05) is 45.0 Å². The first-order valence-electron chi connectivity index (χ1n) is 10.3. The molecule has 1 aromatic carbocycles. The molecule has 29 heavy (non-hydrogen) atoms. The second-order valence-corrected chi connectivity index (χ2v) is 7.91. The Morgan fingerprint density at radius 3 is 2.45 bits per heavy atom. The minimum atomic E-state index is -0.0485. The van der Waals surface area contributed by atoms with E-state index < -0.39 is 0 Å². The monoisotopic (exact) mass is 393 g/mol. The fraction of sp³-hybridized carbons (Fsp3) is 0.455. The van der Waals surface area contributed by atoms with Gasteiger partial charge in [-0.2, -0.15) is 5.10 Å². The predicted octanol–water partition coefficient (Wildman–Crippen LogP) is 2.67. The number of carbonyl (C=O) groups is 2. The zero-order chi connectivity index (χ0) is 20.2. The topological polar surface area (TPSA) is 78.4 Å². The molecule has 2 aromatic rings. The summed E-state index contributed by atoms with van der Waals surface area (Å²) in [6.45, 7) is 4.76. The summed E-state index contributed by atoms with van der Waals surface area (Å²) in [6.07, 6.45) is 4.45. The molecule has 2 saturated heterocycles. The second-order valence-electron chi connectivity index (χ2n) is 7.91. The molecule has 0 aliphatic carbocycles. The Morgan fingerprint density at radius 2 is 1.79 bits per heavy atom. The number of aromatic nitrogens is 2. The molecule has 1 unspecified atom stereocenters. The molecule has 1 atom stereocenters. The normalized spacial score (nSPS) is 20.0. The van der Waals surface area contributed by atoms with Crippen LogP contribution in [-0.2, 0) is 9.59 Å². The molecule has 7 heteroatoms. The van der Waals surface area contributed by atoms with Crippen molar-refractivity contribution in [2.45, 2.75) is 32.1 Å². The summed E-state index contributed by atoms with van der Waals surface area (Å²) in [5, 5.41) is 11.1. The molecule has 7 nitrogen and oxygen atoms in total. The molecule has 1 aromatic heterocycles. The van der Waals surface area contributed by atoms with Gasteiger partial charge in [-0.15, -0.1) is 5.10 Å². The number of amides is 2. The van der Waals surface area contributed by atoms with Crippen LogP contribution in [0.4, 0.5) is 11.5 Å². The third-order valence-corrected chi connectivity index (χ3v) is 6.03. The number of nitrogens with one attached hydrogen (secondary N) is 1. The summed E-state index contributed by atoms with van der Waals surface area (Å²) in [7, 11) is 0. The molecule has 2 fully saturated rings. The third kappa shape index (κ3) is 4.55. The highest BCUT2D eigenvalue weighted by Gasteiger charge is 2.29. The maximum atomic E-state index is 12.7. The van der Waals surface area contributed by atoms with Crippen molar-refractivity contribution in [1.82, 2.24) is 15.1 Å². The van der Waals surface area contributed by atoms with E-state index in [1.165, 1.54) is 5.56 Å². The van der Waals surface area contributed by atoms with Crippen molar-refractivity contribution in [3.63, 3.8) is 0 Å². The van der Waals surface area contributed by atoms with Crippen molar-refractivity contribution in [3.05, 3.63) is 48.2 Å². The first kappa shape index (κ1) is 19.4. The maximum absolute atomic E-state index is 12.7. The van der Waals surface area contributed by atoms with E-state index in [1.54, 1.807) is 13.1 Å². The molecule has 0 saturated carbocycles. The lowest BCUT2D eigenvalue weighted by atomic mass is 9.89. The van der Waals surface area contributed by atoms with Crippen LogP contribution in [0, 0.1) is 5.92 Å². The lowest BCUT2D eigenvalue weighted by Gasteiger charge is -2.31. The van der Waals surface area contributed by atoms with Gasteiger partial charge in [-0.05, 0) is 55.0 Å². The van der Waals surface area contributed by atoms with Crippen molar-refractivity contribution in [1.29, 1.82) is 0 Å². The fourth-order valence-electron chi connectivity index (χ4n) is 4.26. The number of carbonyl (C=O) groups excluding carboxylic acids is 2. The van der Waals surface area contributed by atoms with Gasteiger partial charge in [0.15, 0.2) is 5.82 Å². The fourth-order valence-corrected chi connectivity index (χ4v) is 4.26. The number of hydrogen-bond acceptors (Lipinski definition) is 5. The smallest absolute Gasteiger partial charge is 0.229 e. The molecule has 152 valence electrons. The largest absolute Gasteiger partial charge is 0.354 e. The number of hydrogen-bond donors (Lipinski definition) is 1. The first-order chi connectivity index (χ1) is 14.1. The summed E-state index contributed by atoms with van der Waals surface area (Å²) >= 11 is 0. The number of likely N-dealkylation sites (tertiary alicyclic amines) is 1. The van der Waals surface area contributed by atoms with Crippen LogP contribution >= 0.6 is 0 Å². The van der Waals surface area contributed by atoms with E-state index in [-0.39, 0.29) is 17.7 Å². The molecule has 2 aliphatic rings. The molecular formula is C22H27N5O2. The summed E-state index contributed by atoms with van der Waals surface area (Å²) in [5.41, 5.74) is 2.11. The molecule has 3 heterocycles. The van der Waals surface area contributed by atoms with Gasteiger partial charge >= 0.3 is 0 Å². The van der Waals surface area contributed by atoms with Crippen molar-refractivity contribution < 1.29 is 9.59 Å². The van der Waals surface area contributed by atoms with E-state index in [9.17, 15) is 9.59 Å². The highest BCUT2D eigenvalue weighted by atomic mass is 16.2. The first-order valence-corrected chi connectivity index (χ1v) is 10.3. The average Bonchev–Trinajstić information content (AvgIpc) is 3.26. The van der Waals surface area contributed by atoms with Crippen LogP contribution in [0.3, 0.4) is 0 Å². The summed E-state index contributed by atoms with van der Waals surface area (Å²) in [5.74, 6) is 1.46. The van der Waals surface area contributed by atoms with Gasteiger partial charge in [0.25, 0.3) is 0 Å². The van der Waals surface area contributed by atoms with Crippen LogP contribution < -0.4 is 10.2 Å². The maximum Gasteiger partial charge on any atom is 0.229 e. The third-order valence-electron chi connectivity index (χ3n) is 6.03. The van der Waals surface area contributed by atoms with Crippen LogP contribution in [0.15, 0.2) is 42.6 Å². The standard InChI is InChI=1S/C22H27N5O2/c1-16(28)26-12-8-18(9-13-26)17-4-6-20(7-5-17)24-22(29)19-10-14-27(15-19)21-3-2-11-23-25-21/h2-7,11,18-19H,8-10,12-15H2,1H3,(H,24,29). The van der Waals surface area contributed by atoms with Crippen molar-refractivity contribution in [2.75, 3.05) is 36.4 Å². The number of piperidine rings is 1. The Morgan fingerprint density at radius 1 is 1.03 bits per heavy atom. The Bertz CT molecular complexity index is 847. The second kappa shape index (κ2) is 8.59. The van der Waals surface area contributed by atoms with E-state index in [0.29, 0.717) is 12.5 Å². The average molecular weight is 393 g/mol. The molecule has 2 amide bonds. The Labute approximate surface area is 171 Å². The van der Waals surface area contributed by atoms with E-state index in [4.69, 9.17) is 0 Å². The highest BCUT2D eigenvalue weighted by molar-refractivity contribution is 5.93. The van der Waals surface area contributed by atoms with Gasteiger partial charge in [-0.1, -0.05) is 12.1 Å². The highest BCUT2D eigenvalue weighted by Crippen LogP contribution is 2.29. The van der Waals surface area contributed by atoms with Gasteiger partial charge in [0.1, 0.15) is 0 Å². The lowest BCUT2D eigenvalue weighted by Crippen LogP contribution is -2.36. The molecule has 1 N–H and O–H groups in total. The van der Waals surface area contributed by atoms with Gasteiger partial charge in [0.2, 0.25) is 11.8 Å². The molecular weight excluding hydrogens is 366 g/mol. The van der Waals surface area contributed by atoms with Crippen molar-refractivity contribution >= 4 is 23.3 Å². The quantitative estimate of drug-likeness (QED) is 0.864. The van der Waals surface area contributed by atoms with Gasteiger partial charge in [0.05, 0.1) is 5.92 Å². The van der Waals surface area contributed by atoms with E-state index >= 15 is 0 Å². The van der Waals surface area contributed by atoms with Gasteiger partial charge < -0.3 is 15.1 Å². The van der Waals surface area contributed by atoms with Crippen LogP contribution in [0.2, 0.25) is 0 Å². The molecule has 0 bridgehead atoms. The Balaban J connectivity index is 1.30. The van der Waals surface area contributed by atoms with E-state index in [2.05, 4.69) is 32.5 Å².